The Morgan fingerprint density at radius 1 is 1.23 bits per heavy atom. The predicted molar refractivity (Wildman–Crippen MR) is 148 cm³/mol. The van der Waals surface area contributed by atoms with E-state index in [1.165, 1.54) is 50.9 Å². The molecular formula is C27H20FN9O2S. The number of amides is 1. The van der Waals surface area contributed by atoms with E-state index in [4.69, 9.17) is 10.7 Å². The number of nitrogens with two attached hydrogens (primary N) is 1. The van der Waals surface area contributed by atoms with E-state index in [-0.39, 0.29) is 17.2 Å². The number of carbonyl (C=O) groups excluding carboxylic acids is 1. The Hall–Kier alpha value is -5.35. The average molecular weight is 554 g/mol. The summed E-state index contributed by atoms with van der Waals surface area (Å²) in [4.78, 5) is 36.7. The zero-order valence-corrected chi connectivity index (χ0v) is 22.0. The minimum absolute atomic E-state index is 0.0119. The molecule has 0 saturated carbocycles. The van der Waals surface area contributed by atoms with Crippen LogP contribution in [0.3, 0.4) is 0 Å². The van der Waals surface area contributed by atoms with Gasteiger partial charge in [0, 0.05) is 31.0 Å². The number of hydrogen-bond donors (Lipinski definition) is 2. The number of aromatic nitrogens is 7. The van der Waals surface area contributed by atoms with Gasteiger partial charge in [0.05, 0.1) is 34.4 Å². The molecule has 0 aliphatic rings. The Kier molecular flexibility index (Phi) is 6.08. The molecule has 0 unspecified atom stereocenters. The highest BCUT2D eigenvalue weighted by Crippen LogP contribution is 2.25. The molecule has 6 aromatic rings. The van der Waals surface area contributed by atoms with Gasteiger partial charge in [-0.25, -0.2) is 18.9 Å². The first kappa shape index (κ1) is 25.0. The summed E-state index contributed by atoms with van der Waals surface area (Å²) in [6.45, 7) is 1.69. The Morgan fingerprint density at radius 3 is 2.77 bits per heavy atom. The molecule has 11 nitrogen and oxygen atoms in total. The van der Waals surface area contributed by atoms with E-state index in [0.717, 1.165) is 0 Å². The average Bonchev–Trinajstić information content (AvgIpc) is 3.63. The Morgan fingerprint density at radius 2 is 2.02 bits per heavy atom. The third-order valence-electron chi connectivity index (χ3n) is 6.15. The summed E-state index contributed by atoms with van der Waals surface area (Å²) in [7, 11) is 1.79. The number of carbonyl (C=O) groups is 1. The maximum absolute atomic E-state index is 14.0. The summed E-state index contributed by atoms with van der Waals surface area (Å²) in [5.41, 5.74) is 7.60. The van der Waals surface area contributed by atoms with Gasteiger partial charge >= 0.3 is 0 Å². The van der Waals surface area contributed by atoms with Gasteiger partial charge in [-0.1, -0.05) is 11.8 Å². The van der Waals surface area contributed by atoms with Gasteiger partial charge in [0.15, 0.2) is 11.5 Å². The van der Waals surface area contributed by atoms with Crippen molar-refractivity contribution in [3.8, 4) is 17.5 Å². The SMILES string of the molecule is C[C@@H](NC(=O)c1c(N)nn2cccnc12)c1nc2scc(C#Cc3cnn(C)c3)c2c(=O)n1-c1ccc(F)cc1. The van der Waals surface area contributed by atoms with E-state index in [0.29, 0.717) is 32.7 Å². The molecule has 198 valence electrons. The highest BCUT2D eigenvalue weighted by Gasteiger charge is 2.25. The van der Waals surface area contributed by atoms with E-state index in [1.54, 1.807) is 48.7 Å². The number of halogens is 1. The molecule has 13 heteroatoms. The molecule has 0 radical (unpaired) electrons. The third-order valence-corrected chi connectivity index (χ3v) is 7.02. The maximum Gasteiger partial charge on any atom is 0.268 e. The minimum Gasteiger partial charge on any atom is -0.381 e. The van der Waals surface area contributed by atoms with Crippen LogP contribution in [0.1, 0.15) is 40.3 Å². The summed E-state index contributed by atoms with van der Waals surface area (Å²) in [5.74, 6) is 5.33. The maximum atomic E-state index is 14.0. The molecule has 0 aliphatic heterocycles. The van der Waals surface area contributed by atoms with E-state index < -0.39 is 23.3 Å². The highest BCUT2D eigenvalue weighted by molar-refractivity contribution is 7.17. The van der Waals surface area contributed by atoms with Crippen molar-refractivity contribution in [3.63, 3.8) is 0 Å². The number of aryl methyl sites for hydroxylation is 1. The first-order valence-electron chi connectivity index (χ1n) is 12.0. The first-order valence-corrected chi connectivity index (χ1v) is 12.9. The second-order valence-corrected chi connectivity index (χ2v) is 9.77. The summed E-state index contributed by atoms with van der Waals surface area (Å²) >= 11 is 1.26. The van der Waals surface area contributed by atoms with E-state index in [1.807, 2.05) is 0 Å². The lowest BCUT2D eigenvalue weighted by Crippen LogP contribution is -2.33. The lowest BCUT2D eigenvalue weighted by Gasteiger charge is -2.19. The van der Waals surface area contributed by atoms with Crippen molar-refractivity contribution >= 4 is 38.9 Å². The lowest BCUT2D eigenvalue weighted by atomic mass is 10.2. The van der Waals surface area contributed by atoms with Gasteiger partial charge in [-0.05, 0) is 37.3 Å². The summed E-state index contributed by atoms with van der Waals surface area (Å²) in [6, 6.07) is 6.36. The van der Waals surface area contributed by atoms with Crippen LogP contribution < -0.4 is 16.6 Å². The minimum atomic E-state index is -0.764. The van der Waals surface area contributed by atoms with Crippen LogP contribution in [0.25, 0.3) is 21.6 Å². The zero-order valence-electron chi connectivity index (χ0n) is 21.2. The molecule has 5 heterocycles. The van der Waals surface area contributed by atoms with Crippen LogP contribution in [-0.2, 0) is 7.05 Å². The van der Waals surface area contributed by atoms with Crippen molar-refractivity contribution in [2.75, 3.05) is 5.73 Å². The molecule has 5 aromatic heterocycles. The van der Waals surface area contributed by atoms with Crippen molar-refractivity contribution in [2.24, 2.45) is 7.05 Å². The topological polar surface area (TPSA) is 138 Å². The van der Waals surface area contributed by atoms with Gasteiger partial charge in [0.2, 0.25) is 0 Å². The predicted octanol–water partition coefficient (Wildman–Crippen LogP) is 2.84. The Balaban J connectivity index is 1.46. The van der Waals surface area contributed by atoms with Crippen molar-refractivity contribution in [2.45, 2.75) is 13.0 Å². The van der Waals surface area contributed by atoms with Crippen LogP contribution in [0.4, 0.5) is 10.2 Å². The summed E-state index contributed by atoms with van der Waals surface area (Å²) in [6.07, 6.45) is 6.56. The van der Waals surface area contributed by atoms with Gasteiger partial charge < -0.3 is 11.1 Å². The van der Waals surface area contributed by atoms with Gasteiger partial charge in [-0.15, -0.1) is 16.4 Å². The number of nitrogens with one attached hydrogen (secondary N) is 1. The molecule has 0 aliphatic carbocycles. The molecule has 0 saturated heterocycles. The molecule has 0 fully saturated rings. The van der Waals surface area contributed by atoms with E-state index in [9.17, 15) is 14.0 Å². The van der Waals surface area contributed by atoms with Gasteiger partial charge in [-0.2, -0.15) is 5.10 Å². The second-order valence-electron chi connectivity index (χ2n) is 8.91. The molecule has 3 N–H and O–H groups in total. The van der Waals surface area contributed by atoms with Crippen LogP contribution >= 0.6 is 11.3 Å². The molecule has 1 amide bonds. The Labute approximate surface area is 229 Å². The monoisotopic (exact) mass is 553 g/mol. The van der Waals surface area contributed by atoms with Crippen LogP contribution in [0.15, 0.2) is 65.3 Å². The van der Waals surface area contributed by atoms with Crippen LogP contribution in [-0.4, -0.2) is 39.8 Å². The number of nitrogen functional groups attached to an aromatic ring is 1. The molecule has 6 rings (SSSR count). The largest absolute Gasteiger partial charge is 0.381 e. The fraction of sp³-hybridized carbons (Fsp3) is 0.111. The van der Waals surface area contributed by atoms with Crippen LogP contribution in [0.2, 0.25) is 0 Å². The molecule has 1 aromatic carbocycles. The number of hydrogen-bond acceptors (Lipinski definition) is 8. The first-order chi connectivity index (χ1) is 19.3. The number of nitrogens with zero attached hydrogens (tertiary/aromatic N) is 7. The van der Waals surface area contributed by atoms with Crippen molar-refractivity contribution in [3.05, 3.63) is 99.2 Å². The van der Waals surface area contributed by atoms with Gasteiger partial charge in [0.25, 0.3) is 11.5 Å². The number of anilines is 1. The lowest BCUT2D eigenvalue weighted by molar-refractivity contribution is 0.0940. The normalized spacial score (nSPS) is 11.9. The molecule has 0 spiro atoms. The fourth-order valence-corrected chi connectivity index (χ4v) is 5.18. The van der Waals surface area contributed by atoms with Gasteiger partial charge in [0.1, 0.15) is 22.0 Å². The number of fused-ring (bicyclic) bond motifs is 2. The molecule has 1 atom stereocenters. The summed E-state index contributed by atoms with van der Waals surface area (Å²) in [5, 5.41) is 13.2. The number of benzene rings is 1. The third kappa shape index (κ3) is 4.36. The molecule has 40 heavy (non-hydrogen) atoms. The number of thiophene rings is 1. The van der Waals surface area contributed by atoms with Crippen molar-refractivity contribution < 1.29 is 9.18 Å². The van der Waals surface area contributed by atoms with Crippen LogP contribution in [0.5, 0.6) is 0 Å². The molecule has 0 bridgehead atoms. The second kappa shape index (κ2) is 9.75. The van der Waals surface area contributed by atoms with Gasteiger partial charge in [-0.3, -0.25) is 18.8 Å². The molecular weight excluding hydrogens is 533 g/mol. The quantitative estimate of drug-likeness (QED) is 0.320. The van der Waals surface area contributed by atoms with Crippen LogP contribution in [0, 0.1) is 17.7 Å². The van der Waals surface area contributed by atoms with E-state index in [2.05, 4.69) is 32.3 Å². The summed E-state index contributed by atoms with van der Waals surface area (Å²) < 4.78 is 18.2. The smallest absolute Gasteiger partial charge is 0.268 e. The number of rotatable bonds is 4. The van der Waals surface area contributed by atoms with E-state index >= 15 is 0 Å². The zero-order chi connectivity index (χ0) is 28.0. The van der Waals surface area contributed by atoms with Crippen molar-refractivity contribution in [1.29, 1.82) is 0 Å². The fourth-order valence-electron chi connectivity index (χ4n) is 4.31. The highest BCUT2D eigenvalue weighted by atomic mass is 32.1. The Bertz CT molecular complexity index is 2040. The van der Waals surface area contributed by atoms with Crippen molar-refractivity contribution in [1.82, 2.24) is 39.2 Å². The standard InChI is InChI=1S/C27H20FN9O2S/c1-15(32-25(38)21-22(29)34-36-11-3-10-30-24(21)36)23-33-26-20(27(39)37(23)19-8-6-18(28)7-9-19)17(14-40-26)5-4-16-12-31-35(2)13-16/h3,6-15H,1-2H3,(H2,29,34)(H,32,38)/t15-/m1/s1.